The summed E-state index contributed by atoms with van der Waals surface area (Å²) in [7, 11) is 0. The molecule has 0 saturated heterocycles. The van der Waals surface area contributed by atoms with Gasteiger partial charge >= 0.3 is 0 Å². The molecule has 154 valence electrons. The zero-order chi connectivity index (χ0) is 21.7. The van der Waals surface area contributed by atoms with E-state index in [1.54, 1.807) is 0 Å². The number of aromatic amines is 2. The van der Waals surface area contributed by atoms with Gasteiger partial charge in [-0.3, -0.25) is 0 Å². The Bertz CT molecular complexity index is 1450. The van der Waals surface area contributed by atoms with Crippen molar-refractivity contribution in [1.29, 1.82) is 0 Å². The zero-order valence-electron chi connectivity index (χ0n) is 18.2. The molecule has 4 aromatic carbocycles. The summed E-state index contributed by atoms with van der Waals surface area (Å²) in [6, 6.07) is 34.7. The van der Waals surface area contributed by atoms with E-state index in [0.29, 0.717) is 0 Å². The van der Waals surface area contributed by atoms with Crippen LogP contribution in [-0.2, 0) is 0 Å². The fraction of sp³-hybridized carbons (Fsp3) is 0.0667. The van der Waals surface area contributed by atoms with Crippen molar-refractivity contribution in [2.45, 2.75) is 13.8 Å². The molecule has 32 heavy (non-hydrogen) atoms. The maximum absolute atomic E-state index is 3.75. The Labute approximate surface area is 187 Å². The molecule has 2 N–H and O–H groups in total. The molecule has 0 aliphatic rings. The quantitative estimate of drug-likeness (QED) is 0.293. The SMILES string of the molecule is Cc1ccc2c(-c3c(-c4ccccc4)[nH]c4cc(C)ccc34)c(-c3ccccc3)[nH]c2c1. The van der Waals surface area contributed by atoms with E-state index in [0.717, 1.165) is 11.4 Å². The molecule has 0 saturated carbocycles. The molecule has 0 spiro atoms. The second-order valence-corrected chi connectivity index (χ2v) is 8.58. The average Bonchev–Trinajstić information content (AvgIpc) is 3.37. The van der Waals surface area contributed by atoms with Crippen LogP contribution in [0, 0.1) is 13.8 Å². The summed E-state index contributed by atoms with van der Waals surface area (Å²) in [6.07, 6.45) is 0. The number of aryl methyl sites for hydroxylation is 2. The van der Waals surface area contributed by atoms with E-state index in [9.17, 15) is 0 Å². The van der Waals surface area contributed by atoms with Gasteiger partial charge in [0, 0.05) is 32.9 Å². The molecule has 0 bridgehead atoms. The fourth-order valence-electron chi connectivity index (χ4n) is 4.78. The number of nitrogens with one attached hydrogen (secondary N) is 2. The van der Waals surface area contributed by atoms with Crippen molar-refractivity contribution in [3.8, 4) is 33.6 Å². The Balaban J connectivity index is 1.78. The van der Waals surface area contributed by atoms with E-state index in [4.69, 9.17) is 0 Å². The van der Waals surface area contributed by atoms with Crippen LogP contribution in [0.25, 0.3) is 55.4 Å². The van der Waals surface area contributed by atoms with Gasteiger partial charge in [0.2, 0.25) is 0 Å². The van der Waals surface area contributed by atoms with Gasteiger partial charge in [-0.25, -0.2) is 0 Å². The van der Waals surface area contributed by atoms with Gasteiger partial charge < -0.3 is 9.97 Å². The van der Waals surface area contributed by atoms with E-state index in [1.807, 2.05) is 0 Å². The maximum atomic E-state index is 3.75. The first-order valence-corrected chi connectivity index (χ1v) is 11.0. The highest BCUT2D eigenvalue weighted by atomic mass is 14.8. The number of hydrogen-bond acceptors (Lipinski definition) is 0. The van der Waals surface area contributed by atoms with E-state index >= 15 is 0 Å². The zero-order valence-corrected chi connectivity index (χ0v) is 18.2. The Kier molecular flexibility index (Phi) is 4.26. The first-order valence-electron chi connectivity index (χ1n) is 11.0. The summed E-state index contributed by atoms with van der Waals surface area (Å²) in [5.41, 5.74) is 12.0. The lowest BCUT2D eigenvalue weighted by molar-refractivity contribution is 1.42. The largest absolute Gasteiger partial charge is 0.354 e. The molecule has 0 unspecified atom stereocenters. The molecular weight excluding hydrogens is 388 g/mol. The van der Waals surface area contributed by atoms with Gasteiger partial charge in [0.15, 0.2) is 0 Å². The van der Waals surface area contributed by atoms with E-state index in [1.165, 1.54) is 55.2 Å². The summed E-state index contributed by atoms with van der Waals surface area (Å²) in [6.45, 7) is 4.29. The Morgan fingerprint density at radius 1 is 0.469 bits per heavy atom. The van der Waals surface area contributed by atoms with E-state index in [-0.39, 0.29) is 0 Å². The van der Waals surface area contributed by atoms with Crippen LogP contribution in [0.3, 0.4) is 0 Å². The molecule has 0 aliphatic carbocycles. The smallest absolute Gasteiger partial charge is 0.0545 e. The maximum Gasteiger partial charge on any atom is 0.0545 e. The highest BCUT2D eigenvalue weighted by Gasteiger charge is 2.22. The van der Waals surface area contributed by atoms with Crippen LogP contribution in [0.15, 0.2) is 97.1 Å². The first-order chi connectivity index (χ1) is 15.7. The standard InChI is InChI=1S/C30H24N2/c1-19-13-15-23-25(17-19)31-29(21-9-5-3-6-10-21)27(23)28-24-16-14-20(2)18-26(24)32-30(28)22-11-7-4-8-12-22/h3-18,31-32H,1-2H3. The van der Waals surface area contributed by atoms with Gasteiger partial charge in [-0.2, -0.15) is 0 Å². The second kappa shape index (κ2) is 7.28. The number of aromatic nitrogens is 2. The Morgan fingerprint density at radius 3 is 1.28 bits per heavy atom. The lowest BCUT2D eigenvalue weighted by Gasteiger charge is -2.09. The number of fused-ring (bicyclic) bond motifs is 2. The third-order valence-electron chi connectivity index (χ3n) is 6.28. The molecule has 6 rings (SSSR count). The van der Waals surface area contributed by atoms with Crippen molar-refractivity contribution in [3.05, 3.63) is 108 Å². The number of benzene rings is 4. The summed E-state index contributed by atoms with van der Waals surface area (Å²) in [4.78, 5) is 7.50. The predicted octanol–water partition coefficient (Wildman–Crippen LogP) is 8.27. The topological polar surface area (TPSA) is 31.6 Å². The van der Waals surface area contributed by atoms with Gasteiger partial charge in [-0.15, -0.1) is 0 Å². The minimum absolute atomic E-state index is 1.16. The number of hydrogen-bond donors (Lipinski definition) is 2. The molecule has 0 amide bonds. The predicted molar refractivity (Wildman–Crippen MR) is 136 cm³/mol. The monoisotopic (exact) mass is 412 g/mol. The van der Waals surface area contributed by atoms with Gasteiger partial charge in [-0.1, -0.05) is 84.9 Å². The highest BCUT2D eigenvalue weighted by molar-refractivity contribution is 6.14. The van der Waals surface area contributed by atoms with Gasteiger partial charge in [-0.05, 0) is 48.2 Å². The van der Waals surface area contributed by atoms with Crippen molar-refractivity contribution in [2.75, 3.05) is 0 Å². The van der Waals surface area contributed by atoms with Gasteiger partial charge in [0.25, 0.3) is 0 Å². The van der Waals surface area contributed by atoms with E-state index in [2.05, 4.69) is 121 Å². The molecule has 2 heteroatoms. The minimum Gasteiger partial charge on any atom is -0.354 e. The Morgan fingerprint density at radius 2 is 0.875 bits per heavy atom. The number of rotatable bonds is 3. The molecule has 6 aromatic rings. The van der Waals surface area contributed by atoms with Crippen molar-refractivity contribution in [3.63, 3.8) is 0 Å². The lowest BCUT2D eigenvalue weighted by Crippen LogP contribution is -1.86. The van der Waals surface area contributed by atoms with Gasteiger partial charge in [0.05, 0.1) is 11.4 Å². The molecule has 2 heterocycles. The van der Waals surface area contributed by atoms with Crippen LogP contribution >= 0.6 is 0 Å². The molecular formula is C30H24N2. The van der Waals surface area contributed by atoms with Crippen molar-refractivity contribution in [2.24, 2.45) is 0 Å². The summed E-state index contributed by atoms with van der Waals surface area (Å²) >= 11 is 0. The third-order valence-corrected chi connectivity index (χ3v) is 6.28. The minimum atomic E-state index is 1.16. The molecule has 0 atom stereocenters. The van der Waals surface area contributed by atoms with Crippen LogP contribution in [0.2, 0.25) is 0 Å². The van der Waals surface area contributed by atoms with Crippen LogP contribution in [0.4, 0.5) is 0 Å². The van der Waals surface area contributed by atoms with Crippen molar-refractivity contribution < 1.29 is 0 Å². The van der Waals surface area contributed by atoms with Gasteiger partial charge in [0.1, 0.15) is 0 Å². The molecule has 2 nitrogen and oxygen atoms in total. The van der Waals surface area contributed by atoms with Crippen molar-refractivity contribution >= 4 is 21.8 Å². The average molecular weight is 413 g/mol. The molecule has 2 aromatic heterocycles. The lowest BCUT2D eigenvalue weighted by atomic mass is 9.93. The molecule has 0 fully saturated rings. The second-order valence-electron chi connectivity index (χ2n) is 8.58. The van der Waals surface area contributed by atoms with Crippen molar-refractivity contribution in [1.82, 2.24) is 9.97 Å². The summed E-state index contributed by atoms with van der Waals surface area (Å²) in [5.74, 6) is 0. The molecule has 0 aliphatic heterocycles. The van der Waals surface area contributed by atoms with Crippen LogP contribution in [0.1, 0.15) is 11.1 Å². The van der Waals surface area contributed by atoms with E-state index < -0.39 is 0 Å². The normalized spacial score (nSPS) is 11.4. The van der Waals surface area contributed by atoms with Crippen LogP contribution < -0.4 is 0 Å². The fourth-order valence-corrected chi connectivity index (χ4v) is 4.78. The first kappa shape index (κ1) is 18.7. The molecule has 0 radical (unpaired) electrons. The third kappa shape index (κ3) is 2.96. The van der Waals surface area contributed by atoms with Crippen LogP contribution in [0.5, 0.6) is 0 Å². The van der Waals surface area contributed by atoms with Crippen LogP contribution in [-0.4, -0.2) is 9.97 Å². The summed E-state index contributed by atoms with van der Waals surface area (Å²) in [5, 5.41) is 2.49. The number of H-pyrrole nitrogens is 2. The summed E-state index contributed by atoms with van der Waals surface area (Å²) < 4.78 is 0. The highest BCUT2D eigenvalue weighted by Crippen LogP contribution is 2.46. The Hall–Kier alpha value is -4.04.